The third-order valence-electron chi connectivity index (χ3n) is 2.50. The Hall–Kier alpha value is -1.73. The second-order valence-electron chi connectivity index (χ2n) is 3.75. The molecule has 0 bridgehead atoms. The van der Waals surface area contributed by atoms with E-state index in [-0.39, 0.29) is 6.54 Å². The second kappa shape index (κ2) is 5.50. The van der Waals surface area contributed by atoms with Gasteiger partial charge in [0.05, 0.1) is 6.54 Å². The van der Waals surface area contributed by atoms with Crippen LogP contribution < -0.4 is 17.2 Å². The van der Waals surface area contributed by atoms with Gasteiger partial charge in [-0.3, -0.25) is 4.57 Å². The first-order valence-electron chi connectivity index (χ1n) is 5.30. The lowest BCUT2D eigenvalue weighted by molar-refractivity contribution is 0.562. The summed E-state index contributed by atoms with van der Waals surface area (Å²) >= 11 is 7.01. The first-order valence-corrected chi connectivity index (χ1v) is 6.90. The number of hydrogen-bond acceptors (Lipinski definition) is 5. The molecular formula is C11H11ClN4O2S. The van der Waals surface area contributed by atoms with Crippen LogP contribution in [0.25, 0.3) is 0 Å². The van der Waals surface area contributed by atoms with E-state index in [9.17, 15) is 9.59 Å². The number of halogens is 1. The average molecular weight is 299 g/mol. The normalized spacial score (nSPS) is 10.6. The van der Waals surface area contributed by atoms with Gasteiger partial charge in [-0.05, 0) is 24.0 Å². The van der Waals surface area contributed by atoms with Crippen LogP contribution in [0.4, 0.5) is 0 Å². The number of thioether (sulfide) groups is 1. The fourth-order valence-corrected chi connectivity index (χ4v) is 2.21. The standard InChI is InChI=1S/C11H11ClN4O2S/c1-19-10-14-9(17)16(13)11(18)15(10)6-7-2-4-8(12)5-3-7/h2-5H,6,13H2,1H3. The molecule has 0 atom stereocenters. The predicted molar refractivity (Wildman–Crippen MR) is 75.2 cm³/mol. The summed E-state index contributed by atoms with van der Waals surface area (Å²) in [6.45, 7) is 0.274. The minimum atomic E-state index is -0.762. The molecule has 19 heavy (non-hydrogen) atoms. The van der Waals surface area contributed by atoms with Gasteiger partial charge < -0.3 is 5.84 Å². The van der Waals surface area contributed by atoms with Crippen LogP contribution in [0.15, 0.2) is 39.0 Å². The Kier molecular flexibility index (Phi) is 3.96. The number of nitrogens with zero attached hydrogens (tertiary/aromatic N) is 3. The maximum Gasteiger partial charge on any atom is 0.372 e. The quantitative estimate of drug-likeness (QED) is 0.660. The summed E-state index contributed by atoms with van der Waals surface area (Å²) < 4.78 is 1.84. The first-order chi connectivity index (χ1) is 9.02. The Morgan fingerprint density at radius 1 is 1.32 bits per heavy atom. The molecule has 0 amide bonds. The first kappa shape index (κ1) is 13.7. The van der Waals surface area contributed by atoms with Crippen LogP contribution in [-0.4, -0.2) is 20.5 Å². The van der Waals surface area contributed by atoms with Gasteiger partial charge in [-0.1, -0.05) is 35.5 Å². The van der Waals surface area contributed by atoms with E-state index in [0.717, 1.165) is 5.56 Å². The predicted octanol–water partition coefficient (Wildman–Crippen LogP) is 0.542. The number of nitrogens with two attached hydrogens (primary N) is 1. The van der Waals surface area contributed by atoms with Crippen molar-refractivity contribution in [3.05, 3.63) is 55.8 Å². The van der Waals surface area contributed by atoms with Crippen molar-refractivity contribution >= 4 is 23.4 Å². The molecule has 1 heterocycles. The maximum atomic E-state index is 12.0. The van der Waals surface area contributed by atoms with Gasteiger partial charge in [-0.25, -0.2) is 9.59 Å². The lowest BCUT2D eigenvalue weighted by atomic mass is 10.2. The van der Waals surface area contributed by atoms with E-state index >= 15 is 0 Å². The highest BCUT2D eigenvalue weighted by atomic mass is 35.5. The summed E-state index contributed by atoms with van der Waals surface area (Å²) in [5.41, 5.74) is -0.497. The molecule has 0 saturated carbocycles. The van der Waals surface area contributed by atoms with Gasteiger partial charge in [0.2, 0.25) is 0 Å². The van der Waals surface area contributed by atoms with Gasteiger partial charge in [0.15, 0.2) is 5.16 Å². The Morgan fingerprint density at radius 2 is 1.95 bits per heavy atom. The SMILES string of the molecule is CSc1nc(=O)n(N)c(=O)n1Cc1ccc(Cl)cc1. The molecule has 0 aliphatic rings. The zero-order valence-electron chi connectivity index (χ0n) is 10.0. The molecule has 6 nitrogen and oxygen atoms in total. The van der Waals surface area contributed by atoms with Crippen molar-refractivity contribution < 1.29 is 0 Å². The van der Waals surface area contributed by atoms with Crippen molar-refractivity contribution in [2.24, 2.45) is 0 Å². The van der Waals surface area contributed by atoms with E-state index in [4.69, 9.17) is 17.4 Å². The van der Waals surface area contributed by atoms with Crippen LogP contribution in [0, 0.1) is 0 Å². The zero-order chi connectivity index (χ0) is 14.0. The molecule has 0 spiro atoms. The van der Waals surface area contributed by atoms with Crippen LogP contribution in [0.1, 0.15) is 5.56 Å². The van der Waals surface area contributed by atoms with Crippen LogP contribution in [-0.2, 0) is 6.54 Å². The third kappa shape index (κ3) is 2.82. The molecule has 1 aromatic carbocycles. The monoisotopic (exact) mass is 298 g/mol. The van der Waals surface area contributed by atoms with E-state index in [2.05, 4.69) is 4.98 Å². The van der Waals surface area contributed by atoms with Gasteiger partial charge in [0.1, 0.15) is 0 Å². The zero-order valence-corrected chi connectivity index (χ0v) is 11.6. The number of aromatic nitrogens is 3. The van der Waals surface area contributed by atoms with Crippen LogP contribution in [0.5, 0.6) is 0 Å². The number of benzene rings is 1. The highest BCUT2D eigenvalue weighted by Crippen LogP contribution is 2.13. The van der Waals surface area contributed by atoms with Crippen LogP contribution in [0.3, 0.4) is 0 Å². The maximum absolute atomic E-state index is 12.0. The lowest BCUT2D eigenvalue weighted by Crippen LogP contribution is -2.46. The minimum Gasteiger partial charge on any atom is -0.331 e. The Morgan fingerprint density at radius 3 is 2.53 bits per heavy atom. The molecular weight excluding hydrogens is 288 g/mol. The van der Waals surface area contributed by atoms with Crippen molar-refractivity contribution in [2.75, 3.05) is 12.1 Å². The van der Waals surface area contributed by atoms with Crippen LogP contribution in [0.2, 0.25) is 5.02 Å². The Balaban J connectivity index is 2.50. The smallest absolute Gasteiger partial charge is 0.331 e. The molecule has 0 aliphatic carbocycles. The molecule has 8 heteroatoms. The summed E-state index contributed by atoms with van der Waals surface area (Å²) in [7, 11) is 0. The minimum absolute atomic E-state index is 0.274. The topological polar surface area (TPSA) is 82.9 Å². The lowest BCUT2D eigenvalue weighted by Gasteiger charge is -2.10. The van der Waals surface area contributed by atoms with E-state index < -0.39 is 11.4 Å². The Bertz CT molecular complexity index is 708. The third-order valence-corrected chi connectivity index (χ3v) is 3.43. The number of nitrogen functional groups attached to an aromatic ring is 1. The highest BCUT2D eigenvalue weighted by Gasteiger charge is 2.10. The largest absolute Gasteiger partial charge is 0.372 e. The van der Waals surface area contributed by atoms with E-state index in [1.54, 1.807) is 30.5 Å². The van der Waals surface area contributed by atoms with Crippen molar-refractivity contribution in [1.82, 2.24) is 14.2 Å². The van der Waals surface area contributed by atoms with Gasteiger partial charge in [-0.15, -0.1) is 0 Å². The summed E-state index contributed by atoms with van der Waals surface area (Å²) in [4.78, 5) is 27.1. The van der Waals surface area contributed by atoms with Gasteiger partial charge in [0, 0.05) is 5.02 Å². The molecule has 1 aromatic heterocycles. The number of hydrogen-bond donors (Lipinski definition) is 1. The summed E-state index contributed by atoms with van der Waals surface area (Å²) in [6, 6.07) is 7.05. The molecule has 2 aromatic rings. The van der Waals surface area contributed by atoms with E-state index in [0.29, 0.717) is 14.9 Å². The summed E-state index contributed by atoms with van der Waals surface area (Å²) in [6.07, 6.45) is 1.74. The van der Waals surface area contributed by atoms with Gasteiger partial charge >= 0.3 is 11.4 Å². The average Bonchev–Trinajstić information content (AvgIpc) is 2.41. The molecule has 2 N–H and O–H groups in total. The molecule has 0 unspecified atom stereocenters. The molecule has 2 rings (SSSR count). The molecule has 0 aliphatic heterocycles. The fourth-order valence-electron chi connectivity index (χ4n) is 1.55. The van der Waals surface area contributed by atoms with Gasteiger partial charge in [-0.2, -0.15) is 9.66 Å². The molecule has 0 radical (unpaired) electrons. The van der Waals surface area contributed by atoms with Crippen molar-refractivity contribution in [1.29, 1.82) is 0 Å². The van der Waals surface area contributed by atoms with Crippen LogP contribution >= 0.6 is 23.4 Å². The second-order valence-corrected chi connectivity index (χ2v) is 4.96. The molecule has 0 fully saturated rings. The fraction of sp³-hybridized carbons (Fsp3) is 0.182. The van der Waals surface area contributed by atoms with Crippen molar-refractivity contribution in [3.63, 3.8) is 0 Å². The highest BCUT2D eigenvalue weighted by molar-refractivity contribution is 7.98. The molecule has 0 saturated heterocycles. The Labute approximate surface area is 117 Å². The van der Waals surface area contributed by atoms with Crippen molar-refractivity contribution in [3.8, 4) is 0 Å². The summed E-state index contributed by atoms with van der Waals surface area (Å²) in [5.74, 6) is 5.36. The number of rotatable bonds is 3. The summed E-state index contributed by atoms with van der Waals surface area (Å²) in [5, 5.41) is 0.940. The van der Waals surface area contributed by atoms with E-state index in [1.807, 2.05) is 0 Å². The van der Waals surface area contributed by atoms with Gasteiger partial charge in [0.25, 0.3) is 0 Å². The van der Waals surface area contributed by atoms with Crippen molar-refractivity contribution in [2.45, 2.75) is 11.7 Å². The van der Waals surface area contributed by atoms with E-state index in [1.165, 1.54) is 16.3 Å². The molecule has 100 valence electrons.